The van der Waals surface area contributed by atoms with Gasteiger partial charge in [-0.15, -0.1) is 11.8 Å². The Balaban J connectivity index is 1.96. The standard InChI is InChI=1S/C20H15NO3S/c22-19(15-7-3-1-4-8-15)20(25-18-9-5-2-6-10-18)16-11-13-17(14-12-16)21(23)24/h1-14,20H/t20-/m0/s1. The summed E-state index contributed by atoms with van der Waals surface area (Å²) in [7, 11) is 0. The number of thioether (sulfide) groups is 1. The van der Waals surface area contributed by atoms with Crippen LogP contribution in [-0.4, -0.2) is 10.7 Å². The lowest BCUT2D eigenvalue weighted by Gasteiger charge is -2.16. The van der Waals surface area contributed by atoms with Gasteiger partial charge in [-0.3, -0.25) is 14.9 Å². The highest BCUT2D eigenvalue weighted by molar-refractivity contribution is 8.00. The largest absolute Gasteiger partial charge is 0.293 e. The highest BCUT2D eigenvalue weighted by atomic mass is 32.2. The van der Waals surface area contributed by atoms with Gasteiger partial charge in [0.2, 0.25) is 0 Å². The summed E-state index contributed by atoms with van der Waals surface area (Å²) in [6, 6.07) is 24.9. The highest BCUT2D eigenvalue weighted by Crippen LogP contribution is 2.38. The molecule has 4 nitrogen and oxygen atoms in total. The fourth-order valence-corrected chi connectivity index (χ4v) is 3.56. The number of nitro benzene ring substituents is 1. The zero-order valence-corrected chi connectivity index (χ0v) is 14.1. The maximum absolute atomic E-state index is 13.0. The molecule has 0 fully saturated rings. The van der Waals surface area contributed by atoms with Crippen molar-refractivity contribution in [3.05, 3.63) is 106 Å². The summed E-state index contributed by atoms with van der Waals surface area (Å²) in [5.74, 6) is -0.0247. The molecule has 5 heteroatoms. The third kappa shape index (κ3) is 4.14. The summed E-state index contributed by atoms with van der Waals surface area (Å²) in [6.45, 7) is 0. The second-order valence-electron chi connectivity index (χ2n) is 5.39. The molecular formula is C20H15NO3S. The van der Waals surface area contributed by atoms with Crippen LogP contribution in [0.1, 0.15) is 21.2 Å². The van der Waals surface area contributed by atoms with E-state index in [0.29, 0.717) is 5.56 Å². The minimum Gasteiger partial charge on any atom is -0.293 e. The van der Waals surface area contributed by atoms with E-state index < -0.39 is 10.2 Å². The number of nitro groups is 1. The SMILES string of the molecule is O=C(c1ccccc1)[C@@H](Sc1ccccc1)c1ccc([N+](=O)[O-])cc1. The van der Waals surface area contributed by atoms with Crippen LogP contribution in [0, 0.1) is 10.1 Å². The van der Waals surface area contributed by atoms with Crippen LogP contribution in [-0.2, 0) is 0 Å². The molecule has 25 heavy (non-hydrogen) atoms. The van der Waals surface area contributed by atoms with Gasteiger partial charge in [-0.25, -0.2) is 0 Å². The molecule has 0 spiro atoms. The number of hydrogen-bond donors (Lipinski definition) is 0. The van der Waals surface area contributed by atoms with Gasteiger partial charge in [-0.2, -0.15) is 0 Å². The van der Waals surface area contributed by atoms with Crippen LogP contribution in [0.2, 0.25) is 0 Å². The van der Waals surface area contributed by atoms with Crippen molar-refractivity contribution in [2.24, 2.45) is 0 Å². The van der Waals surface area contributed by atoms with Crippen molar-refractivity contribution in [3.8, 4) is 0 Å². The molecule has 0 bridgehead atoms. The minimum atomic E-state index is -0.467. The van der Waals surface area contributed by atoms with Crippen molar-refractivity contribution in [1.82, 2.24) is 0 Å². The summed E-state index contributed by atoms with van der Waals surface area (Å²) >= 11 is 1.44. The number of nitrogens with zero attached hydrogens (tertiary/aromatic N) is 1. The molecular weight excluding hydrogens is 334 g/mol. The van der Waals surface area contributed by atoms with E-state index in [-0.39, 0.29) is 11.5 Å². The second-order valence-corrected chi connectivity index (χ2v) is 6.57. The van der Waals surface area contributed by atoms with E-state index in [1.807, 2.05) is 48.5 Å². The van der Waals surface area contributed by atoms with E-state index >= 15 is 0 Å². The molecule has 0 saturated carbocycles. The molecule has 0 aromatic heterocycles. The van der Waals surface area contributed by atoms with Crippen LogP contribution < -0.4 is 0 Å². The fourth-order valence-electron chi connectivity index (χ4n) is 2.43. The molecule has 0 amide bonds. The Morgan fingerprint density at radius 1 is 0.840 bits per heavy atom. The van der Waals surface area contributed by atoms with Gasteiger partial charge in [0, 0.05) is 22.6 Å². The van der Waals surface area contributed by atoms with Crippen molar-refractivity contribution < 1.29 is 9.72 Å². The number of Topliss-reactive ketones (excluding diaryl/α,β-unsaturated/α-hetero) is 1. The van der Waals surface area contributed by atoms with Crippen LogP contribution in [0.15, 0.2) is 89.8 Å². The first-order chi connectivity index (χ1) is 12.1. The van der Waals surface area contributed by atoms with E-state index in [0.717, 1.165) is 10.5 Å². The summed E-state index contributed by atoms with van der Waals surface area (Å²) in [5.41, 5.74) is 1.38. The van der Waals surface area contributed by atoms with Gasteiger partial charge in [0.05, 0.1) is 10.2 Å². The number of hydrogen-bond acceptors (Lipinski definition) is 4. The van der Waals surface area contributed by atoms with E-state index in [4.69, 9.17) is 0 Å². The molecule has 0 aliphatic rings. The van der Waals surface area contributed by atoms with Crippen molar-refractivity contribution in [1.29, 1.82) is 0 Å². The minimum absolute atomic E-state index is 0.0133. The quantitative estimate of drug-likeness (QED) is 0.262. The van der Waals surface area contributed by atoms with Crippen LogP contribution in [0.4, 0.5) is 5.69 Å². The van der Waals surface area contributed by atoms with Crippen LogP contribution in [0.3, 0.4) is 0 Å². The summed E-state index contributed by atoms with van der Waals surface area (Å²) in [5, 5.41) is 10.4. The van der Waals surface area contributed by atoms with Gasteiger partial charge < -0.3 is 0 Å². The van der Waals surface area contributed by atoms with Crippen LogP contribution in [0.25, 0.3) is 0 Å². The lowest BCUT2D eigenvalue weighted by Crippen LogP contribution is -2.10. The number of non-ortho nitro benzene ring substituents is 1. The lowest BCUT2D eigenvalue weighted by atomic mass is 10.0. The Morgan fingerprint density at radius 2 is 1.40 bits per heavy atom. The molecule has 3 aromatic rings. The average Bonchev–Trinajstić information content (AvgIpc) is 2.67. The first kappa shape index (κ1) is 16.9. The smallest absolute Gasteiger partial charge is 0.269 e. The Labute approximate surface area is 149 Å². The molecule has 0 heterocycles. The summed E-state index contributed by atoms with van der Waals surface area (Å²) in [4.78, 5) is 24.4. The van der Waals surface area contributed by atoms with E-state index in [2.05, 4.69) is 0 Å². The lowest BCUT2D eigenvalue weighted by molar-refractivity contribution is -0.384. The predicted molar refractivity (Wildman–Crippen MR) is 98.9 cm³/mol. The number of benzene rings is 3. The van der Waals surface area contributed by atoms with E-state index in [9.17, 15) is 14.9 Å². The van der Waals surface area contributed by atoms with Gasteiger partial charge in [-0.05, 0) is 17.7 Å². The Hall–Kier alpha value is -2.92. The molecule has 0 saturated heterocycles. The number of carbonyl (C=O) groups excluding carboxylic acids is 1. The topological polar surface area (TPSA) is 60.2 Å². The predicted octanol–water partition coefficient (Wildman–Crippen LogP) is 5.31. The Bertz CT molecular complexity index is 864. The molecule has 0 N–H and O–H groups in total. The molecule has 0 radical (unpaired) electrons. The van der Waals surface area contributed by atoms with E-state index in [1.54, 1.807) is 24.3 Å². The molecule has 0 aliphatic heterocycles. The van der Waals surface area contributed by atoms with E-state index in [1.165, 1.54) is 23.9 Å². The van der Waals surface area contributed by atoms with Crippen molar-refractivity contribution in [2.75, 3.05) is 0 Å². The number of carbonyl (C=O) groups is 1. The zero-order valence-electron chi connectivity index (χ0n) is 13.2. The molecule has 3 rings (SSSR count). The van der Waals surface area contributed by atoms with Crippen molar-refractivity contribution in [3.63, 3.8) is 0 Å². The zero-order chi connectivity index (χ0) is 17.6. The highest BCUT2D eigenvalue weighted by Gasteiger charge is 2.24. The van der Waals surface area contributed by atoms with Crippen molar-refractivity contribution >= 4 is 23.2 Å². The third-order valence-electron chi connectivity index (χ3n) is 3.70. The summed E-state index contributed by atoms with van der Waals surface area (Å²) in [6.07, 6.45) is 0. The van der Waals surface area contributed by atoms with Gasteiger partial charge in [0.15, 0.2) is 5.78 Å². The molecule has 1 atom stereocenters. The first-order valence-corrected chi connectivity index (χ1v) is 8.58. The summed E-state index contributed by atoms with van der Waals surface area (Å²) < 4.78 is 0. The first-order valence-electron chi connectivity index (χ1n) is 7.70. The van der Waals surface area contributed by atoms with Gasteiger partial charge in [0.1, 0.15) is 0 Å². The average molecular weight is 349 g/mol. The Morgan fingerprint density at radius 3 is 1.96 bits per heavy atom. The van der Waals surface area contributed by atoms with Crippen LogP contribution >= 0.6 is 11.8 Å². The molecule has 0 aliphatic carbocycles. The number of ketones is 1. The normalized spacial score (nSPS) is 11.7. The molecule has 0 unspecified atom stereocenters. The molecule has 124 valence electrons. The fraction of sp³-hybridized carbons (Fsp3) is 0.0500. The maximum Gasteiger partial charge on any atom is 0.269 e. The van der Waals surface area contributed by atoms with Crippen molar-refractivity contribution in [2.45, 2.75) is 10.1 Å². The van der Waals surface area contributed by atoms with Gasteiger partial charge >= 0.3 is 0 Å². The molecule has 3 aromatic carbocycles. The third-order valence-corrected chi connectivity index (χ3v) is 4.97. The van der Waals surface area contributed by atoms with Gasteiger partial charge in [-0.1, -0.05) is 60.7 Å². The van der Waals surface area contributed by atoms with Gasteiger partial charge in [0.25, 0.3) is 5.69 Å². The maximum atomic E-state index is 13.0. The number of rotatable bonds is 6. The monoisotopic (exact) mass is 349 g/mol. The second kappa shape index (κ2) is 7.77. The van der Waals surface area contributed by atoms with Crippen LogP contribution in [0.5, 0.6) is 0 Å². The Kier molecular flexibility index (Phi) is 5.26.